The minimum atomic E-state index is -6.19. The van der Waals surface area contributed by atoms with Crippen LogP contribution in [0.25, 0.3) is 16.9 Å². The Morgan fingerprint density at radius 1 is 1.23 bits per heavy atom. The lowest BCUT2D eigenvalue weighted by molar-refractivity contribution is -0.290. The number of carbonyl (C=O) groups is 1. The number of aryl methyl sites for hydroxylation is 1. The fraction of sp³-hybridized carbons (Fsp3) is 0.333. The van der Waals surface area contributed by atoms with Gasteiger partial charge < -0.3 is 5.32 Å². The summed E-state index contributed by atoms with van der Waals surface area (Å²) in [5.74, 6) is -7.04. The van der Waals surface area contributed by atoms with Gasteiger partial charge in [0.05, 0.1) is 22.9 Å². The highest BCUT2D eigenvalue weighted by molar-refractivity contribution is 7.87. The molecule has 208 valence electrons. The molecule has 2 aromatic heterocycles. The average molecular weight is 596 g/mol. The number of hydrogen-bond donors (Lipinski definition) is 1. The molecule has 0 unspecified atom stereocenters. The van der Waals surface area contributed by atoms with Crippen molar-refractivity contribution in [1.29, 1.82) is 5.26 Å². The molecule has 0 saturated heterocycles. The topological polar surface area (TPSA) is 126 Å². The Balaban J connectivity index is 1.81. The average Bonchev–Trinajstić information content (AvgIpc) is 3.27. The molecule has 2 heterocycles. The number of aromatic nitrogens is 4. The number of anilines is 1. The molecule has 1 aliphatic carbocycles. The van der Waals surface area contributed by atoms with Crippen LogP contribution in [0.1, 0.15) is 28.9 Å². The maximum atomic E-state index is 14.3. The lowest BCUT2D eigenvalue weighted by Crippen LogP contribution is -2.36. The Labute approximate surface area is 221 Å². The third kappa shape index (κ3) is 5.01. The number of hydrogen-bond acceptors (Lipinski definition) is 6. The van der Waals surface area contributed by atoms with Crippen LogP contribution in [0.15, 0.2) is 30.6 Å². The first-order valence-electron chi connectivity index (χ1n) is 10.7. The number of alkyl halides is 5. The number of benzene rings is 1. The van der Waals surface area contributed by atoms with E-state index in [1.165, 1.54) is 18.2 Å². The summed E-state index contributed by atoms with van der Waals surface area (Å²) in [5, 5.41) is 18.9. The van der Waals surface area contributed by atoms with Gasteiger partial charge in [0.2, 0.25) is 0 Å². The predicted molar refractivity (Wildman–Crippen MR) is 124 cm³/mol. The van der Waals surface area contributed by atoms with E-state index < -0.39 is 55.5 Å². The highest BCUT2D eigenvalue weighted by atomic mass is 35.5. The lowest BCUT2D eigenvalue weighted by Gasteiger charge is -2.21. The third-order valence-electron chi connectivity index (χ3n) is 5.95. The van der Waals surface area contributed by atoms with Gasteiger partial charge in [0.1, 0.15) is 11.2 Å². The molecule has 1 N–H and O–H groups in total. The van der Waals surface area contributed by atoms with Crippen LogP contribution in [-0.4, -0.2) is 52.6 Å². The van der Waals surface area contributed by atoms with E-state index in [4.69, 9.17) is 11.6 Å². The molecule has 1 saturated carbocycles. The zero-order valence-corrected chi connectivity index (χ0v) is 21.3. The Morgan fingerprint density at radius 3 is 2.41 bits per heavy atom. The number of rotatable bonds is 7. The quantitative estimate of drug-likeness (QED) is 0.325. The van der Waals surface area contributed by atoms with Gasteiger partial charge in [-0.2, -0.15) is 45.8 Å². The van der Waals surface area contributed by atoms with Crippen molar-refractivity contribution >= 4 is 33.6 Å². The molecule has 39 heavy (non-hydrogen) atoms. The molecular weight excluding hydrogens is 580 g/mol. The van der Waals surface area contributed by atoms with Gasteiger partial charge in [-0.05, 0) is 30.5 Å². The number of nitrogens with one attached hydrogen (secondary N) is 1. The Bertz CT molecular complexity index is 1620. The van der Waals surface area contributed by atoms with Crippen molar-refractivity contribution in [3.63, 3.8) is 0 Å². The summed E-state index contributed by atoms with van der Waals surface area (Å²) >= 11 is 6.14. The molecule has 0 aliphatic heterocycles. The van der Waals surface area contributed by atoms with Crippen LogP contribution in [0.4, 0.5) is 31.5 Å². The highest BCUT2D eigenvalue weighted by Crippen LogP contribution is 2.48. The predicted octanol–water partition coefficient (Wildman–Crippen LogP) is 4.02. The maximum Gasteiger partial charge on any atom is 0.459 e. The van der Waals surface area contributed by atoms with Gasteiger partial charge in [0.15, 0.2) is 11.5 Å². The highest BCUT2D eigenvalue weighted by Gasteiger charge is 2.62. The van der Waals surface area contributed by atoms with Gasteiger partial charge in [-0.3, -0.25) is 4.79 Å². The number of nitriles is 1. The summed E-state index contributed by atoms with van der Waals surface area (Å²) < 4.78 is 106. The standard InChI is InChI=1S/C21H16ClF6N7O3S/c1-33-18(15(34(2)39(28,37)38)16(32-33)20(23,24)21(25,26)27)35-9-12(8-30-35)11-3-4-14(22)13(7-11)17(36)31-19(10-29)5-6-19/h3-4,7-9H,5-6H2,1-2H3,(H,31,36). The number of nitrogens with zero attached hydrogens (tertiary/aromatic N) is 6. The molecular formula is C21H16ClF6N7O3S. The van der Waals surface area contributed by atoms with Gasteiger partial charge in [-0.1, -0.05) is 21.6 Å². The second-order valence-corrected chi connectivity index (χ2v) is 10.4. The van der Waals surface area contributed by atoms with Crippen LogP contribution in [0.5, 0.6) is 0 Å². The van der Waals surface area contributed by atoms with Crippen LogP contribution >= 0.6 is 11.6 Å². The van der Waals surface area contributed by atoms with Gasteiger partial charge in [0, 0.05) is 25.9 Å². The van der Waals surface area contributed by atoms with E-state index in [9.17, 15) is 44.3 Å². The molecule has 0 radical (unpaired) electrons. The van der Waals surface area contributed by atoms with Crippen molar-refractivity contribution in [2.45, 2.75) is 30.5 Å². The zero-order valence-electron chi connectivity index (χ0n) is 19.8. The van der Waals surface area contributed by atoms with E-state index in [-0.39, 0.29) is 21.7 Å². The second-order valence-electron chi connectivity index (χ2n) is 8.64. The van der Waals surface area contributed by atoms with Gasteiger partial charge in [-0.25, -0.2) is 13.7 Å². The molecule has 3 aromatic rings. The van der Waals surface area contributed by atoms with Crippen molar-refractivity contribution in [1.82, 2.24) is 24.9 Å². The number of amides is 1. The monoisotopic (exact) mass is 595 g/mol. The van der Waals surface area contributed by atoms with Crippen molar-refractivity contribution in [3.8, 4) is 23.0 Å². The lowest BCUT2D eigenvalue weighted by atomic mass is 10.1. The Morgan fingerprint density at radius 2 is 1.87 bits per heavy atom. The maximum absolute atomic E-state index is 14.3. The number of halogens is 7. The molecule has 1 amide bonds. The molecule has 1 aromatic carbocycles. The van der Waals surface area contributed by atoms with Crippen molar-refractivity contribution in [2.24, 2.45) is 7.05 Å². The molecule has 0 spiro atoms. The minimum absolute atomic E-state index is 0.0139. The van der Waals surface area contributed by atoms with Gasteiger partial charge in [0.25, 0.3) is 5.91 Å². The molecule has 1 fully saturated rings. The largest absolute Gasteiger partial charge is 0.459 e. The first-order chi connectivity index (χ1) is 17.9. The Kier molecular flexibility index (Phi) is 6.63. The van der Waals surface area contributed by atoms with Crippen molar-refractivity contribution < 1.29 is 39.1 Å². The second kappa shape index (κ2) is 9.16. The van der Waals surface area contributed by atoms with Crippen molar-refractivity contribution in [3.05, 3.63) is 46.9 Å². The van der Waals surface area contributed by atoms with Crippen molar-refractivity contribution in [2.75, 3.05) is 11.4 Å². The summed E-state index contributed by atoms with van der Waals surface area (Å²) in [6.07, 6.45) is -3.02. The Hall–Kier alpha value is -3.78. The normalized spacial score (nSPS) is 15.1. The smallest absolute Gasteiger partial charge is 0.334 e. The summed E-state index contributed by atoms with van der Waals surface area (Å²) in [6.45, 7) is 0. The van der Waals surface area contributed by atoms with E-state index in [1.807, 2.05) is 6.07 Å². The SMILES string of the molecule is CN(c1c(C(F)(F)C(F)(F)F)nn(C)c1-n1cc(-c2ccc(Cl)c(C(=O)NC3(C#N)CC3)c2)cn1)S(=O)(=O)F. The fourth-order valence-corrected chi connectivity index (χ4v) is 4.24. The van der Waals surface area contributed by atoms with E-state index in [0.717, 1.165) is 24.1 Å². The fourth-order valence-electron chi connectivity index (χ4n) is 3.65. The van der Waals surface area contributed by atoms with Crippen LogP contribution in [-0.2, 0) is 23.4 Å². The summed E-state index contributed by atoms with van der Waals surface area (Å²) in [4.78, 5) is 12.7. The summed E-state index contributed by atoms with van der Waals surface area (Å²) in [6, 6.07) is 6.13. The van der Waals surface area contributed by atoms with E-state index in [2.05, 4.69) is 15.5 Å². The molecule has 1 aliphatic rings. The van der Waals surface area contributed by atoms with Crippen LogP contribution in [0.2, 0.25) is 5.02 Å². The molecule has 4 rings (SSSR count). The first kappa shape index (κ1) is 28.2. The third-order valence-corrected chi connectivity index (χ3v) is 7.12. The summed E-state index contributed by atoms with van der Waals surface area (Å²) in [5.41, 5.74) is -4.00. The molecule has 0 atom stereocenters. The van der Waals surface area contributed by atoms with E-state index in [0.29, 0.717) is 24.6 Å². The van der Waals surface area contributed by atoms with Crippen LogP contribution in [0, 0.1) is 11.3 Å². The molecule has 0 bridgehead atoms. The van der Waals surface area contributed by atoms with E-state index >= 15 is 0 Å². The van der Waals surface area contributed by atoms with Gasteiger partial charge >= 0.3 is 22.5 Å². The number of carbonyl (C=O) groups excluding carboxylic acids is 1. The van der Waals surface area contributed by atoms with Crippen LogP contribution in [0.3, 0.4) is 0 Å². The molecule has 18 heteroatoms. The first-order valence-corrected chi connectivity index (χ1v) is 12.4. The van der Waals surface area contributed by atoms with Crippen LogP contribution < -0.4 is 9.62 Å². The van der Waals surface area contributed by atoms with Gasteiger partial charge in [-0.15, -0.1) is 0 Å². The molecule has 10 nitrogen and oxygen atoms in total. The van der Waals surface area contributed by atoms with E-state index in [1.54, 1.807) is 0 Å². The minimum Gasteiger partial charge on any atom is -0.334 e. The summed E-state index contributed by atoms with van der Waals surface area (Å²) in [7, 11) is -4.45. The zero-order chi connectivity index (χ0) is 29.1.